The van der Waals surface area contributed by atoms with Gasteiger partial charge in [-0.2, -0.15) is 10.5 Å². The molecule has 6 aromatic carbocycles. The summed E-state index contributed by atoms with van der Waals surface area (Å²) >= 11 is 0. The largest absolute Gasteiger partial charge is 0.308 e. The maximum atomic E-state index is 16.9. The van der Waals surface area contributed by atoms with E-state index >= 15 is 4.39 Å². The van der Waals surface area contributed by atoms with Crippen LogP contribution in [0.25, 0.3) is 66.1 Å². The maximum absolute atomic E-state index is 16.9. The molecule has 4 nitrogen and oxygen atoms in total. The number of fused-ring (bicyclic) bond motifs is 6. The van der Waals surface area contributed by atoms with Gasteiger partial charge in [-0.05, 0) is 123 Å². The molecule has 0 saturated heterocycles. The van der Waals surface area contributed by atoms with Crippen LogP contribution < -0.4 is 0 Å². The van der Waals surface area contributed by atoms with Crippen LogP contribution in [-0.2, 0) is 21.7 Å². The second-order valence-electron chi connectivity index (χ2n) is 20.4. The van der Waals surface area contributed by atoms with Crippen molar-refractivity contribution in [2.75, 3.05) is 0 Å². The van der Waals surface area contributed by atoms with Gasteiger partial charge in [-0.15, -0.1) is 0 Å². The third-order valence-electron chi connectivity index (χ3n) is 12.1. The lowest BCUT2D eigenvalue weighted by Crippen LogP contribution is -2.11. The molecule has 2 aromatic heterocycles. The topological polar surface area (TPSA) is 57.4 Å². The van der Waals surface area contributed by atoms with Crippen LogP contribution in [0.1, 0.15) is 116 Å². The van der Waals surface area contributed by atoms with Crippen LogP contribution in [0.2, 0.25) is 0 Å². The van der Waals surface area contributed by atoms with Gasteiger partial charge < -0.3 is 9.13 Å². The van der Waals surface area contributed by atoms with Crippen molar-refractivity contribution in [3.63, 3.8) is 0 Å². The van der Waals surface area contributed by atoms with E-state index < -0.39 is 5.82 Å². The smallest absolute Gasteiger partial charge is 0.132 e. The number of rotatable bonds is 3. The minimum Gasteiger partial charge on any atom is -0.308 e. The molecule has 0 aliphatic carbocycles. The first-order chi connectivity index (χ1) is 27.6. The van der Waals surface area contributed by atoms with E-state index in [9.17, 15) is 10.5 Å². The Bertz CT molecular complexity index is 2800. The van der Waals surface area contributed by atoms with Gasteiger partial charge in [0, 0.05) is 32.7 Å². The molecular formula is C54H53FN4. The molecular weight excluding hydrogens is 724 g/mol. The predicted molar refractivity (Wildman–Crippen MR) is 245 cm³/mol. The molecule has 2 heterocycles. The van der Waals surface area contributed by atoms with E-state index in [0.717, 1.165) is 43.6 Å². The summed E-state index contributed by atoms with van der Waals surface area (Å²) in [5.74, 6) is -0.507. The number of aromatic nitrogens is 2. The van der Waals surface area contributed by atoms with Gasteiger partial charge in [0.15, 0.2) is 0 Å². The molecule has 5 heteroatoms. The summed E-state index contributed by atoms with van der Waals surface area (Å²) in [4.78, 5) is 0. The molecule has 0 N–H and O–H groups in total. The summed E-state index contributed by atoms with van der Waals surface area (Å²) in [7, 11) is 0. The van der Waals surface area contributed by atoms with Gasteiger partial charge in [0.25, 0.3) is 0 Å². The summed E-state index contributed by atoms with van der Waals surface area (Å²) in [6.45, 7) is 26.7. The predicted octanol–water partition coefficient (Wildman–Crippen LogP) is 14.6. The zero-order valence-electron chi connectivity index (χ0n) is 36.5. The molecule has 0 saturated carbocycles. The lowest BCUT2D eigenvalue weighted by molar-refractivity contribution is 0.590. The number of nitrogens with zero attached hydrogens (tertiary/aromatic N) is 4. The van der Waals surface area contributed by atoms with Crippen LogP contribution in [0.4, 0.5) is 4.39 Å². The third kappa shape index (κ3) is 6.68. The Balaban J connectivity index is 1.59. The van der Waals surface area contributed by atoms with Crippen LogP contribution in [-0.4, -0.2) is 9.13 Å². The molecule has 0 aliphatic heterocycles. The van der Waals surface area contributed by atoms with Crippen LogP contribution in [0.5, 0.6) is 0 Å². The molecule has 296 valence electrons. The van der Waals surface area contributed by atoms with E-state index in [1.807, 2.05) is 12.1 Å². The molecule has 0 bridgehead atoms. The van der Waals surface area contributed by atoms with Gasteiger partial charge in [0.1, 0.15) is 5.82 Å². The average molecular weight is 777 g/mol. The third-order valence-corrected chi connectivity index (χ3v) is 12.1. The monoisotopic (exact) mass is 776 g/mol. The number of hydrogen-bond donors (Lipinski definition) is 0. The summed E-state index contributed by atoms with van der Waals surface area (Å²) in [6, 6.07) is 39.7. The second kappa shape index (κ2) is 13.4. The van der Waals surface area contributed by atoms with Gasteiger partial charge >= 0.3 is 0 Å². The molecule has 8 aromatic rings. The van der Waals surface area contributed by atoms with E-state index in [4.69, 9.17) is 0 Å². The van der Waals surface area contributed by atoms with Crippen LogP contribution in [0.15, 0.2) is 103 Å². The maximum Gasteiger partial charge on any atom is 0.132 e. The van der Waals surface area contributed by atoms with Crippen LogP contribution >= 0.6 is 0 Å². The average Bonchev–Trinajstić information content (AvgIpc) is 3.67. The summed E-state index contributed by atoms with van der Waals surface area (Å²) in [5, 5.41) is 25.0. The van der Waals surface area contributed by atoms with E-state index in [2.05, 4.69) is 177 Å². The SMILES string of the molecule is CC(C)(C)c1ccc2c(c1)c1cc(C(C)(C)C)ccc1n2-c1cc(C#N)cc(-n2c3ccc(C(C)(C)C)cc3c3cc(C(C)(C)C)ccc32)c1-c1ccc(C#N)cc1F. The molecule has 0 fully saturated rings. The summed E-state index contributed by atoms with van der Waals surface area (Å²) < 4.78 is 21.3. The summed E-state index contributed by atoms with van der Waals surface area (Å²) in [6.07, 6.45) is 0. The van der Waals surface area contributed by atoms with Crippen molar-refractivity contribution in [1.82, 2.24) is 9.13 Å². The Morgan fingerprint density at radius 3 is 1.00 bits per heavy atom. The van der Waals surface area contributed by atoms with Crippen molar-refractivity contribution in [2.45, 2.75) is 105 Å². The van der Waals surface area contributed by atoms with Gasteiger partial charge in [0.2, 0.25) is 0 Å². The summed E-state index contributed by atoms with van der Waals surface area (Å²) in [5.41, 5.74) is 11.4. The highest BCUT2D eigenvalue weighted by Gasteiger charge is 2.28. The zero-order valence-corrected chi connectivity index (χ0v) is 36.5. The van der Waals surface area contributed by atoms with Gasteiger partial charge in [0.05, 0.1) is 56.7 Å². The second-order valence-corrected chi connectivity index (χ2v) is 20.4. The van der Waals surface area contributed by atoms with Crippen molar-refractivity contribution < 1.29 is 4.39 Å². The first-order valence-electron chi connectivity index (χ1n) is 20.6. The fourth-order valence-electron chi connectivity index (χ4n) is 8.52. The highest BCUT2D eigenvalue weighted by atomic mass is 19.1. The zero-order chi connectivity index (χ0) is 42.6. The first kappa shape index (κ1) is 39.6. The Kier molecular flexibility index (Phi) is 9.03. The van der Waals surface area contributed by atoms with Crippen molar-refractivity contribution in [3.8, 4) is 34.6 Å². The minimum absolute atomic E-state index is 0.0921. The molecule has 0 radical (unpaired) electrons. The van der Waals surface area contributed by atoms with Crippen LogP contribution in [0.3, 0.4) is 0 Å². The number of halogens is 1. The number of hydrogen-bond acceptors (Lipinski definition) is 2. The molecule has 59 heavy (non-hydrogen) atoms. The highest BCUT2D eigenvalue weighted by molar-refractivity contribution is 6.12. The van der Waals surface area contributed by atoms with Gasteiger partial charge in [-0.25, -0.2) is 4.39 Å². The Labute approximate surface area is 348 Å². The number of nitriles is 2. The van der Waals surface area contributed by atoms with E-state index in [1.165, 1.54) is 28.3 Å². The quantitative estimate of drug-likeness (QED) is 0.179. The normalized spacial score (nSPS) is 12.8. The van der Waals surface area contributed by atoms with Crippen LogP contribution in [0, 0.1) is 28.5 Å². The first-order valence-corrected chi connectivity index (χ1v) is 20.6. The molecule has 0 unspecified atom stereocenters. The minimum atomic E-state index is -0.507. The lowest BCUT2D eigenvalue weighted by Gasteiger charge is -2.23. The van der Waals surface area contributed by atoms with Crippen molar-refractivity contribution in [2.24, 2.45) is 0 Å². The molecule has 0 spiro atoms. The Morgan fingerprint density at radius 2 is 0.729 bits per heavy atom. The Hall–Kier alpha value is -6.17. The Morgan fingerprint density at radius 1 is 0.407 bits per heavy atom. The van der Waals surface area contributed by atoms with Crippen molar-refractivity contribution in [1.29, 1.82) is 10.5 Å². The fourth-order valence-corrected chi connectivity index (χ4v) is 8.52. The molecule has 0 amide bonds. The highest BCUT2D eigenvalue weighted by Crippen LogP contribution is 2.45. The van der Waals surface area contributed by atoms with Gasteiger partial charge in [-0.1, -0.05) is 107 Å². The fraction of sp³-hybridized carbons (Fsp3) is 0.296. The van der Waals surface area contributed by atoms with Gasteiger partial charge in [-0.3, -0.25) is 0 Å². The lowest BCUT2D eigenvalue weighted by atomic mass is 9.85. The van der Waals surface area contributed by atoms with Crippen molar-refractivity contribution >= 4 is 43.6 Å². The van der Waals surface area contributed by atoms with Crippen molar-refractivity contribution in [3.05, 3.63) is 142 Å². The molecule has 0 atom stereocenters. The standard InChI is InChI=1S/C54H53FN4/c1-51(2,3)34-14-19-44-39(26-34)40-27-35(52(4,5)6)15-20-45(40)58(44)48-24-33(31-57)25-49(50(48)38-18-13-32(30-56)23-43(38)55)59-46-21-16-36(53(7,8)9)28-41(46)42-29-37(54(10,11)12)17-22-47(42)59/h13-29H,1-12H3. The van der Waals surface area contributed by atoms with E-state index in [0.29, 0.717) is 28.1 Å². The van der Waals surface area contributed by atoms with E-state index in [-0.39, 0.29) is 27.2 Å². The molecule has 0 aliphatic rings. The van der Waals surface area contributed by atoms with E-state index in [1.54, 1.807) is 12.1 Å². The molecule has 8 rings (SSSR count). The number of benzene rings is 6.